The van der Waals surface area contributed by atoms with E-state index in [0.29, 0.717) is 22.9 Å². The summed E-state index contributed by atoms with van der Waals surface area (Å²) in [6, 6.07) is 3.63. The number of hydrogen-bond acceptors (Lipinski definition) is 6. The number of ether oxygens (including phenoxy) is 3. The van der Waals surface area contributed by atoms with Crippen LogP contribution in [0.1, 0.15) is 16.6 Å². The number of nitrogens with one attached hydrogen (secondary N) is 1. The van der Waals surface area contributed by atoms with E-state index >= 15 is 0 Å². The van der Waals surface area contributed by atoms with Gasteiger partial charge in [-0.1, -0.05) is 12.2 Å². The van der Waals surface area contributed by atoms with Crippen molar-refractivity contribution in [3.63, 3.8) is 0 Å². The minimum Gasteiger partial charge on any atom is -0.495 e. The first-order chi connectivity index (χ1) is 10.5. The second-order valence-corrected chi connectivity index (χ2v) is 5.87. The van der Waals surface area contributed by atoms with Crippen LogP contribution in [-0.2, 0) is 4.74 Å². The minimum absolute atomic E-state index is 0.373. The highest BCUT2D eigenvalue weighted by molar-refractivity contribution is 7.21. The van der Waals surface area contributed by atoms with Crippen LogP contribution in [0.15, 0.2) is 24.3 Å². The van der Waals surface area contributed by atoms with Crippen molar-refractivity contribution in [3.05, 3.63) is 29.2 Å². The number of thiophene rings is 1. The summed E-state index contributed by atoms with van der Waals surface area (Å²) in [5.41, 5.74) is 1.80. The molecule has 0 radical (unpaired) electrons. The van der Waals surface area contributed by atoms with Crippen molar-refractivity contribution in [1.82, 2.24) is 0 Å². The van der Waals surface area contributed by atoms with Gasteiger partial charge in [0, 0.05) is 18.0 Å². The van der Waals surface area contributed by atoms with Gasteiger partial charge in [0.1, 0.15) is 10.6 Å². The summed E-state index contributed by atoms with van der Waals surface area (Å²) in [5, 5.41) is 4.08. The van der Waals surface area contributed by atoms with Gasteiger partial charge in [-0.2, -0.15) is 0 Å². The summed E-state index contributed by atoms with van der Waals surface area (Å²) in [4.78, 5) is 12.3. The number of anilines is 1. The van der Waals surface area contributed by atoms with Gasteiger partial charge < -0.3 is 19.5 Å². The van der Waals surface area contributed by atoms with E-state index in [2.05, 4.69) is 11.9 Å². The number of carbonyl (C=O) groups is 1. The first kappa shape index (κ1) is 16.2. The van der Waals surface area contributed by atoms with Crippen LogP contribution in [-0.4, -0.2) is 33.8 Å². The number of benzene rings is 1. The summed E-state index contributed by atoms with van der Waals surface area (Å²) in [6.45, 7) is 6.44. The highest BCUT2D eigenvalue weighted by Gasteiger charge is 2.19. The van der Waals surface area contributed by atoms with Gasteiger partial charge in [-0.3, -0.25) is 0 Å². The molecule has 0 aliphatic carbocycles. The van der Waals surface area contributed by atoms with E-state index in [9.17, 15) is 4.79 Å². The van der Waals surface area contributed by atoms with Crippen LogP contribution in [0.2, 0.25) is 0 Å². The minimum atomic E-state index is -0.373. The zero-order valence-corrected chi connectivity index (χ0v) is 13.9. The van der Waals surface area contributed by atoms with E-state index in [0.717, 1.165) is 21.3 Å². The van der Waals surface area contributed by atoms with Crippen LogP contribution in [0.5, 0.6) is 11.5 Å². The Morgan fingerprint density at radius 2 is 2.00 bits per heavy atom. The summed E-state index contributed by atoms with van der Waals surface area (Å²) >= 11 is 1.32. The quantitative estimate of drug-likeness (QED) is 0.649. The Kier molecular flexibility index (Phi) is 4.92. The molecule has 1 aromatic heterocycles. The fourth-order valence-electron chi connectivity index (χ4n) is 2.10. The summed E-state index contributed by atoms with van der Waals surface area (Å²) in [5.74, 6) is 0.977. The third kappa shape index (κ3) is 3.01. The van der Waals surface area contributed by atoms with E-state index in [4.69, 9.17) is 14.2 Å². The van der Waals surface area contributed by atoms with E-state index < -0.39 is 0 Å². The third-order valence-electron chi connectivity index (χ3n) is 3.11. The Balaban J connectivity index is 2.62. The molecule has 0 aliphatic heterocycles. The Morgan fingerprint density at radius 1 is 1.27 bits per heavy atom. The predicted octanol–water partition coefficient (Wildman–Crippen LogP) is 3.69. The van der Waals surface area contributed by atoms with Crippen molar-refractivity contribution in [2.24, 2.45) is 0 Å². The zero-order valence-electron chi connectivity index (χ0n) is 13.1. The maximum Gasteiger partial charge on any atom is 0.348 e. The smallest absolute Gasteiger partial charge is 0.348 e. The van der Waals surface area contributed by atoms with E-state index in [1.807, 2.05) is 13.0 Å². The summed E-state index contributed by atoms with van der Waals surface area (Å²) in [7, 11) is 4.56. The highest BCUT2D eigenvalue weighted by atomic mass is 32.1. The highest BCUT2D eigenvalue weighted by Crippen LogP contribution is 2.44. The molecule has 6 heteroatoms. The molecule has 1 N–H and O–H groups in total. The SMILES string of the molecule is C=C(C)CNc1cc(OC)c2sc(C(=O)OC)cc2c1OC. The molecule has 2 aromatic rings. The number of hydrogen-bond donors (Lipinski definition) is 1. The van der Waals surface area contributed by atoms with Gasteiger partial charge in [-0.25, -0.2) is 4.79 Å². The van der Waals surface area contributed by atoms with Gasteiger partial charge in [0.15, 0.2) is 5.75 Å². The molecule has 5 nitrogen and oxygen atoms in total. The molecule has 0 bridgehead atoms. The monoisotopic (exact) mass is 321 g/mol. The van der Waals surface area contributed by atoms with Gasteiger partial charge >= 0.3 is 5.97 Å². The molecule has 22 heavy (non-hydrogen) atoms. The molecule has 1 heterocycles. The average Bonchev–Trinajstić information content (AvgIpc) is 2.95. The van der Waals surface area contributed by atoms with Crippen LogP contribution in [0, 0.1) is 0 Å². The second kappa shape index (κ2) is 6.70. The van der Waals surface area contributed by atoms with Gasteiger partial charge in [0.2, 0.25) is 0 Å². The Morgan fingerprint density at radius 3 is 2.55 bits per heavy atom. The molecule has 0 atom stereocenters. The normalized spacial score (nSPS) is 10.4. The van der Waals surface area contributed by atoms with Crippen molar-refractivity contribution in [2.45, 2.75) is 6.92 Å². The van der Waals surface area contributed by atoms with Gasteiger partial charge in [-0.05, 0) is 13.0 Å². The van der Waals surface area contributed by atoms with Crippen LogP contribution < -0.4 is 14.8 Å². The third-order valence-corrected chi connectivity index (χ3v) is 4.24. The molecule has 0 amide bonds. The molecule has 0 aliphatic rings. The van der Waals surface area contributed by atoms with E-state index in [-0.39, 0.29) is 5.97 Å². The fourth-order valence-corrected chi connectivity index (χ4v) is 3.17. The van der Waals surface area contributed by atoms with Gasteiger partial charge in [0.05, 0.1) is 31.7 Å². The average molecular weight is 321 g/mol. The molecule has 0 saturated carbocycles. The molecular formula is C16H19NO4S. The van der Waals surface area contributed by atoms with Crippen molar-refractivity contribution in [3.8, 4) is 11.5 Å². The number of fused-ring (bicyclic) bond motifs is 1. The van der Waals surface area contributed by atoms with E-state index in [1.54, 1.807) is 20.3 Å². The molecular weight excluding hydrogens is 302 g/mol. The first-order valence-corrected chi connectivity index (χ1v) is 7.48. The summed E-state index contributed by atoms with van der Waals surface area (Å²) < 4.78 is 16.6. The van der Waals surface area contributed by atoms with Crippen LogP contribution in [0.4, 0.5) is 5.69 Å². The standard InChI is InChI=1S/C16H19NO4S/c1-9(2)8-17-11-7-12(19-3)15-10(14(11)20-4)6-13(22-15)16(18)21-5/h6-7,17H,1,8H2,2-5H3. The molecule has 2 rings (SSSR count). The topological polar surface area (TPSA) is 56.8 Å². The summed E-state index contributed by atoms with van der Waals surface area (Å²) in [6.07, 6.45) is 0. The van der Waals surface area contributed by atoms with Crippen molar-refractivity contribution in [1.29, 1.82) is 0 Å². The fraction of sp³-hybridized carbons (Fsp3) is 0.312. The molecule has 1 aromatic carbocycles. The lowest BCUT2D eigenvalue weighted by atomic mass is 10.2. The molecule has 118 valence electrons. The largest absolute Gasteiger partial charge is 0.495 e. The molecule has 0 unspecified atom stereocenters. The Bertz CT molecular complexity index is 720. The lowest BCUT2D eigenvalue weighted by Crippen LogP contribution is -2.04. The van der Waals surface area contributed by atoms with Crippen LogP contribution >= 0.6 is 11.3 Å². The van der Waals surface area contributed by atoms with Crippen molar-refractivity contribution in [2.75, 3.05) is 33.2 Å². The maximum atomic E-state index is 11.8. The van der Waals surface area contributed by atoms with E-state index in [1.165, 1.54) is 18.4 Å². The number of carbonyl (C=O) groups excluding carboxylic acids is 1. The Hall–Kier alpha value is -2.21. The van der Waals surface area contributed by atoms with Gasteiger partial charge in [-0.15, -0.1) is 11.3 Å². The number of esters is 1. The number of methoxy groups -OCH3 is 3. The maximum absolute atomic E-state index is 11.8. The lowest BCUT2D eigenvalue weighted by molar-refractivity contribution is 0.0606. The van der Waals surface area contributed by atoms with Crippen molar-refractivity contribution < 1.29 is 19.0 Å². The van der Waals surface area contributed by atoms with Crippen LogP contribution in [0.25, 0.3) is 10.1 Å². The zero-order chi connectivity index (χ0) is 16.3. The second-order valence-electron chi connectivity index (χ2n) is 4.82. The molecule has 0 saturated heterocycles. The first-order valence-electron chi connectivity index (χ1n) is 6.66. The van der Waals surface area contributed by atoms with Crippen molar-refractivity contribution >= 4 is 33.1 Å². The lowest BCUT2D eigenvalue weighted by Gasteiger charge is -2.14. The number of rotatable bonds is 6. The molecule has 0 fully saturated rings. The van der Waals surface area contributed by atoms with Crippen LogP contribution in [0.3, 0.4) is 0 Å². The Labute approximate surface area is 133 Å². The predicted molar refractivity (Wildman–Crippen MR) is 89.6 cm³/mol. The van der Waals surface area contributed by atoms with Gasteiger partial charge in [0.25, 0.3) is 0 Å². The molecule has 0 spiro atoms.